The Morgan fingerprint density at radius 2 is 2.00 bits per heavy atom. The molecule has 0 aliphatic carbocycles. The average molecular weight is 308 g/mol. The van der Waals surface area contributed by atoms with Crippen molar-refractivity contribution in [3.8, 4) is 0 Å². The third-order valence-corrected chi connectivity index (χ3v) is 4.96. The molecule has 0 heterocycles. The highest BCUT2D eigenvalue weighted by molar-refractivity contribution is 7.89. The summed E-state index contributed by atoms with van der Waals surface area (Å²) >= 11 is 5.92. The van der Waals surface area contributed by atoms with Gasteiger partial charge in [-0.05, 0) is 18.6 Å². The normalized spacial score (nSPS) is 12.0. The predicted molar refractivity (Wildman–Crippen MR) is 73.8 cm³/mol. The molecular weight excluding hydrogens is 290 g/mol. The molecule has 0 amide bonds. The molecule has 0 saturated carbocycles. The van der Waals surface area contributed by atoms with Crippen LogP contribution in [0.2, 0.25) is 5.02 Å². The number of aliphatic hydroxyl groups excluding tert-OH is 1. The lowest BCUT2D eigenvalue weighted by molar-refractivity contribution is 0.182. The Hall–Kier alpha value is -0.660. The zero-order valence-electron chi connectivity index (χ0n) is 10.8. The van der Waals surface area contributed by atoms with Gasteiger partial charge >= 0.3 is 0 Å². The van der Waals surface area contributed by atoms with Gasteiger partial charge in [-0.15, -0.1) is 0 Å². The Morgan fingerprint density at radius 1 is 1.32 bits per heavy atom. The standard InChI is InChI=1S/C12H18ClNO4S/c1-18-10-4-7-14(8-9-15)19(16,17)12-6-3-2-5-11(12)13/h2-3,5-6,15H,4,7-10H2,1H3. The molecule has 0 bridgehead atoms. The largest absolute Gasteiger partial charge is 0.395 e. The number of benzene rings is 1. The van der Waals surface area contributed by atoms with E-state index in [0.29, 0.717) is 13.0 Å². The molecule has 0 aromatic heterocycles. The van der Waals surface area contributed by atoms with Gasteiger partial charge in [0.1, 0.15) is 4.90 Å². The van der Waals surface area contributed by atoms with Crippen molar-refractivity contribution in [3.05, 3.63) is 29.3 Å². The fourth-order valence-electron chi connectivity index (χ4n) is 1.64. The SMILES string of the molecule is COCCCN(CCO)S(=O)(=O)c1ccccc1Cl. The Labute approximate surface area is 118 Å². The van der Waals surface area contributed by atoms with E-state index in [1.165, 1.54) is 16.4 Å². The van der Waals surface area contributed by atoms with Crippen LogP contribution in [0.3, 0.4) is 0 Å². The second-order valence-electron chi connectivity index (χ2n) is 3.90. The van der Waals surface area contributed by atoms with E-state index in [1.54, 1.807) is 19.2 Å². The fraction of sp³-hybridized carbons (Fsp3) is 0.500. The molecule has 0 spiro atoms. The first-order chi connectivity index (χ1) is 9.04. The van der Waals surface area contributed by atoms with E-state index in [4.69, 9.17) is 21.4 Å². The van der Waals surface area contributed by atoms with Crippen LogP contribution in [0.5, 0.6) is 0 Å². The smallest absolute Gasteiger partial charge is 0.244 e. The molecule has 0 aliphatic rings. The highest BCUT2D eigenvalue weighted by Crippen LogP contribution is 2.24. The predicted octanol–water partition coefficient (Wildman–Crippen LogP) is 1.36. The number of methoxy groups -OCH3 is 1. The summed E-state index contributed by atoms with van der Waals surface area (Å²) in [6, 6.07) is 6.27. The average Bonchev–Trinajstić information content (AvgIpc) is 2.38. The van der Waals surface area contributed by atoms with E-state index in [-0.39, 0.29) is 29.6 Å². The fourth-order valence-corrected chi connectivity index (χ4v) is 3.60. The lowest BCUT2D eigenvalue weighted by Gasteiger charge is -2.21. The van der Waals surface area contributed by atoms with Crippen molar-refractivity contribution < 1.29 is 18.3 Å². The molecule has 7 heteroatoms. The molecule has 0 radical (unpaired) electrons. The van der Waals surface area contributed by atoms with Crippen molar-refractivity contribution in [3.63, 3.8) is 0 Å². The van der Waals surface area contributed by atoms with Crippen molar-refractivity contribution in [2.75, 3.05) is 33.4 Å². The number of rotatable bonds is 8. The van der Waals surface area contributed by atoms with Gasteiger partial charge in [-0.1, -0.05) is 23.7 Å². The first kappa shape index (κ1) is 16.4. The van der Waals surface area contributed by atoms with Crippen molar-refractivity contribution in [1.29, 1.82) is 0 Å². The van der Waals surface area contributed by atoms with Gasteiger partial charge in [0.2, 0.25) is 10.0 Å². The summed E-state index contributed by atoms with van der Waals surface area (Å²) in [7, 11) is -2.13. The van der Waals surface area contributed by atoms with Gasteiger partial charge in [-0.2, -0.15) is 4.31 Å². The minimum absolute atomic E-state index is 0.0390. The highest BCUT2D eigenvalue weighted by Gasteiger charge is 2.25. The molecular formula is C12H18ClNO4S. The molecule has 5 nitrogen and oxygen atoms in total. The Kier molecular flexibility index (Phi) is 6.74. The number of hydrogen-bond donors (Lipinski definition) is 1. The number of hydrogen-bond acceptors (Lipinski definition) is 4. The lowest BCUT2D eigenvalue weighted by atomic mass is 10.4. The monoisotopic (exact) mass is 307 g/mol. The Morgan fingerprint density at radius 3 is 2.58 bits per heavy atom. The minimum atomic E-state index is -3.69. The number of halogens is 1. The third kappa shape index (κ3) is 4.43. The van der Waals surface area contributed by atoms with Gasteiger partial charge in [0, 0.05) is 26.8 Å². The van der Waals surface area contributed by atoms with Gasteiger partial charge in [-0.25, -0.2) is 8.42 Å². The van der Waals surface area contributed by atoms with E-state index in [0.717, 1.165) is 0 Å². The second kappa shape index (κ2) is 7.81. The molecule has 108 valence electrons. The van der Waals surface area contributed by atoms with Gasteiger partial charge in [0.15, 0.2) is 0 Å². The molecule has 1 aromatic rings. The molecule has 1 rings (SSSR count). The third-order valence-electron chi connectivity index (χ3n) is 2.56. The van der Waals surface area contributed by atoms with Gasteiger partial charge in [0.25, 0.3) is 0 Å². The summed E-state index contributed by atoms with van der Waals surface area (Å²) in [5, 5.41) is 9.18. The van der Waals surface area contributed by atoms with E-state index >= 15 is 0 Å². The zero-order valence-corrected chi connectivity index (χ0v) is 12.3. The molecule has 1 aromatic carbocycles. The van der Waals surface area contributed by atoms with E-state index in [9.17, 15) is 8.42 Å². The van der Waals surface area contributed by atoms with Crippen molar-refractivity contribution in [2.45, 2.75) is 11.3 Å². The van der Waals surface area contributed by atoms with Gasteiger partial charge in [0.05, 0.1) is 11.6 Å². The number of nitrogens with zero attached hydrogens (tertiary/aromatic N) is 1. The van der Waals surface area contributed by atoms with Crippen LogP contribution >= 0.6 is 11.6 Å². The molecule has 1 N–H and O–H groups in total. The van der Waals surface area contributed by atoms with Crippen molar-refractivity contribution in [2.24, 2.45) is 0 Å². The topological polar surface area (TPSA) is 66.8 Å². The number of sulfonamides is 1. The second-order valence-corrected chi connectivity index (χ2v) is 6.22. The maximum absolute atomic E-state index is 12.4. The summed E-state index contributed by atoms with van der Waals surface area (Å²) in [6.45, 7) is 0.538. The van der Waals surface area contributed by atoms with Crippen LogP contribution in [0.1, 0.15) is 6.42 Å². The van der Waals surface area contributed by atoms with E-state index in [2.05, 4.69) is 0 Å². The molecule has 0 atom stereocenters. The van der Waals surface area contributed by atoms with Gasteiger partial charge in [-0.3, -0.25) is 0 Å². The lowest BCUT2D eigenvalue weighted by Crippen LogP contribution is -2.35. The van der Waals surface area contributed by atoms with Crippen LogP contribution in [-0.2, 0) is 14.8 Å². The van der Waals surface area contributed by atoms with Crippen LogP contribution in [0.25, 0.3) is 0 Å². The molecule has 0 fully saturated rings. The Bertz CT molecular complexity index is 492. The van der Waals surface area contributed by atoms with Crippen LogP contribution in [0.15, 0.2) is 29.2 Å². The molecule has 0 saturated heterocycles. The van der Waals surface area contributed by atoms with Crippen molar-refractivity contribution in [1.82, 2.24) is 4.31 Å². The van der Waals surface area contributed by atoms with E-state index < -0.39 is 10.0 Å². The zero-order chi connectivity index (χ0) is 14.3. The molecule has 0 aliphatic heterocycles. The minimum Gasteiger partial charge on any atom is -0.395 e. The van der Waals surface area contributed by atoms with Gasteiger partial charge < -0.3 is 9.84 Å². The molecule has 19 heavy (non-hydrogen) atoms. The quantitative estimate of drug-likeness (QED) is 0.736. The summed E-state index contributed by atoms with van der Waals surface area (Å²) in [6.07, 6.45) is 0.556. The summed E-state index contributed by atoms with van der Waals surface area (Å²) in [5.41, 5.74) is 0. The summed E-state index contributed by atoms with van der Waals surface area (Å²) < 4.78 is 31.0. The first-order valence-electron chi connectivity index (χ1n) is 5.88. The van der Waals surface area contributed by atoms with E-state index in [1.807, 2.05) is 0 Å². The number of ether oxygens (including phenoxy) is 1. The number of aliphatic hydroxyl groups is 1. The van der Waals surface area contributed by atoms with Crippen LogP contribution < -0.4 is 0 Å². The Balaban J connectivity index is 2.96. The first-order valence-corrected chi connectivity index (χ1v) is 7.70. The maximum Gasteiger partial charge on any atom is 0.244 e. The maximum atomic E-state index is 12.4. The van der Waals surface area contributed by atoms with Crippen LogP contribution in [-0.4, -0.2) is 51.2 Å². The summed E-state index contributed by atoms with van der Waals surface area (Å²) in [4.78, 5) is 0.0579. The molecule has 0 unspecified atom stereocenters. The summed E-state index contributed by atoms with van der Waals surface area (Å²) in [5.74, 6) is 0. The van der Waals surface area contributed by atoms with Crippen LogP contribution in [0.4, 0.5) is 0 Å². The van der Waals surface area contributed by atoms with Crippen molar-refractivity contribution >= 4 is 21.6 Å². The highest BCUT2D eigenvalue weighted by atomic mass is 35.5. The van der Waals surface area contributed by atoms with Crippen LogP contribution in [0, 0.1) is 0 Å².